The lowest BCUT2D eigenvalue weighted by atomic mass is 9.75. The SMILES string of the molecule is CC(C)c1noc2ncc(C(=O)N3CCC4CCCCC4C3)cc12. The van der Waals surface area contributed by atoms with Crippen LogP contribution in [0.5, 0.6) is 0 Å². The van der Waals surface area contributed by atoms with Gasteiger partial charge in [-0.25, -0.2) is 4.98 Å². The Kier molecular flexibility index (Phi) is 4.02. The predicted octanol–water partition coefficient (Wildman–Crippen LogP) is 4.00. The number of aromatic nitrogens is 2. The smallest absolute Gasteiger partial charge is 0.257 e. The van der Waals surface area contributed by atoms with Crippen molar-refractivity contribution in [1.82, 2.24) is 15.0 Å². The normalized spacial score (nSPS) is 24.4. The number of nitrogens with zero attached hydrogens (tertiary/aromatic N) is 3. The van der Waals surface area contributed by atoms with Crippen LogP contribution in [0.3, 0.4) is 0 Å². The Labute approximate surface area is 142 Å². The van der Waals surface area contributed by atoms with Crippen molar-refractivity contribution in [2.24, 2.45) is 11.8 Å². The number of fused-ring (bicyclic) bond motifs is 2. The molecule has 5 nitrogen and oxygen atoms in total. The van der Waals surface area contributed by atoms with Crippen LogP contribution in [0.2, 0.25) is 0 Å². The molecule has 0 radical (unpaired) electrons. The minimum Gasteiger partial charge on any atom is -0.338 e. The highest BCUT2D eigenvalue weighted by atomic mass is 16.5. The number of hydrogen-bond acceptors (Lipinski definition) is 4. The van der Waals surface area contributed by atoms with E-state index in [1.54, 1.807) is 6.20 Å². The summed E-state index contributed by atoms with van der Waals surface area (Å²) in [6.45, 7) is 5.92. The average molecular weight is 327 g/mol. The molecule has 0 N–H and O–H groups in total. The average Bonchev–Trinajstić information content (AvgIpc) is 3.04. The van der Waals surface area contributed by atoms with Gasteiger partial charge in [-0.15, -0.1) is 0 Å². The topological polar surface area (TPSA) is 59.2 Å². The van der Waals surface area contributed by atoms with E-state index in [1.807, 2.05) is 11.0 Å². The van der Waals surface area contributed by atoms with Gasteiger partial charge < -0.3 is 9.42 Å². The van der Waals surface area contributed by atoms with Crippen LogP contribution in [-0.2, 0) is 0 Å². The summed E-state index contributed by atoms with van der Waals surface area (Å²) < 4.78 is 5.28. The first-order valence-corrected chi connectivity index (χ1v) is 9.18. The third-order valence-electron chi connectivity index (χ3n) is 5.73. The number of likely N-dealkylation sites (tertiary alicyclic amines) is 1. The van der Waals surface area contributed by atoms with E-state index in [0.717, 1.165) is 36.5 Å². The quantitative estimate of drug-likeness (QED) is 0.836. The summed E-state index contributed by atoms with van der Waals surface area (Å²) in [6.07, 6.45) is 8.08. The molecule has 1 amide bonds. The van der Waals surface area contributed by atoms with Crippen molar-refractivity contribution in [3.8, 4) is 0 Å². The Morgan fingerprint density at radius 2 is 2.04 bits per heavy atom. The third kappa shape index (κ3) is 2.70. The van der Waals surface area contributed by atoms with Crippen LogP contribution in [-0.4, -0.2) is 34.0 Å². The number of amides is 1. The summed E-state index contributed by atoms with van der Waals surface area (Å²) in [6, 6.07) is 1.91. The van der Waals surface area contributed by atoms with Gasteiger partial charge in [0.15, 0.2) is 0 Å². The molecule has 2 unspecified atom stereocenters. The Hall–Kier alpha value is -1.91. The van der Waals surface area contributed by atoms with Gasteiger partial charge in [0, 0.05) is 19.3 Å². The number of pyridine rings is 1. The molecule has 2 aromatic rings. The molecule has 2 fully saturated rings. The maximum absolute atomic E-state index is 13.0. The fourth-order valence-electron chi connectivity index (χ4n) is 4.35. The van der Waals surface area contributed by atoms with Crippen LogP contribution < -0.4 is 0 Å². The van der Waals surface area contributed by atoms with E-state index in [4.69, 9.17) is 4.52 Å². The first-order chi connectivity index (χ1) is 11.6. The summed E-state index contributed by atoms with van der Waals surface area (Å²) in [5, 5.41) is 4.96. The molecule has 0 bridgehead atoms. The van der Waals surface area contributed by atoms with E-state index in [1.165, 1.54) is 25.7 Å². The third-order valence-corrected chi connectivity index (χ3v) is 5.73. The summed E-state index contributed by atoms with van der Waals surface area (Å²) in [5.74, 6) is 1.87. The Balaban J connectivity index is 1.57. The lowest BCUT2D eigenvalue weighted by Crippen LogP contribution is -2.44. The van der Waals surface area contributed by atoms with Crippen molar-refractivity contribution >= 4 is 17.0 Å². The molecule has 1 saturated carbocycles. The van der Waals surface area contributed by atoms with Crippen molar-refractivity contribution < 1.29 is 9.32 Å². The second-order valence-corrected chi connectivity index (χ2v) is 7.64. The summed E-state index contributed by atoms with van der Waals surface area (Å²) >= 11 is 0. The lowest BCUT2D eigenvalue weighted by molar-refractivity contribution is 0.0520. The van der Waals surface area contributed by atoms with Crippen molar-refractivity contribution in [3.05, 3.63) is 23.5 Å². The van der Waals surface area contributed by atoms with Gasteiger partial charge >= 0.3 is 0 Å². The minimum absolute atomic E-state index is 0.101. The molecule has 24 heavy (non-hydrogen) atoms. The molecule has 0 spiro atoms. The molecule has 2 aliphatic rings. The van der Waals surface area contributed by atoms with E-state index in [0.29, 0.717) is 17.2 Å². The maximum atomic E-state index is 13.0. The zero-order valence-corrected chi connectivity index (χ0v) is 14.5. The molecule has 0 aromatic carbocycles. The van der Waals surface area contributed by atoms with E-state index < -0.39 is 0 Å². The van der Waals surface area contributed by atoms with Gasteiger partial charge in [-0.2, -0.15) is 0 Å². The summed E-state index contributed by atoms with van der Waals surface area (Å²) in [7, 11) is 0. The number of piperidine rings is 1. The molecular formula is C19H25N3O2. The Morgan fingerprint density at radius 3 is 2.83 bits per heavy atom. The summed E-state index contributed by atoms with van der Waals surface area (Å²) in [4.78, 5) is 19.3. The second-order valence-electron chi connectivity index (χ2n) is 7.64. The van der Waals surface area contributed by atoms with E-state index in [-0.39, 0.29) is 11.8 Å². The molecule has 1 aliphatic carbocycles. The van der Waals surface area contributed by atoms with E-state index in [2.05, 4.69) is 24.0 Å². The van der Waals surface area contributed by atoms with Crippen LogP contribution >= 0.6 is 0 Å². The largest absolute Gasteiger partial charge is 0.338 e. The number of hydrogen-bond donors (Lipinski definition) is 0. The van der Waals surface area contributed by atoms with Crippen LogP contribution in [0, 0.1) is 11.8 Å². The molecule has 5 heteroatoms. The van der Waals surface area contributed by atoms with Gasteiger partial charge in [-0.3, -0.25) is 4.79 Å². The highest BCUT2D eigenvalue weighted by Gasteiger charge is 2.33. The van der Waals surface area contributed by atoms with Crippen molar-refractivity contribution in [1.29, 1.82) is 0 Å². The van der Waals surface area contributed by atoms with Gasteiger partial charge in [0.25, 0.3) is 11.6 Å². The fourth-order valence-corrected chi connectivity index (χ4v) is 4.35. The number of carbonyl (C=O) groups is 1. The van der Waals surface area contributed by atoms with Crippen LogP contribution in [0.25, 0.3) is 11.1 Å². The highest BCUT2D eigenvalue weighted by molar-refractivity contribution is 5.97. The zero-order valence-electron chi connectivity index (χ0n) is 14.5. The molecule has 2 aromatic heterocycles. The van der Waals surface area contributed by atoms with Crippen molar-refractivity contribution in [3.63, 3.8) is 0 Å². The molecule has 2 atom stereocenters. The molecule has 1 aliphatic heterocycles. The van der Waals surface area contributed by atoms with Crippen molar-refractivity contribution in [2.45, 2.75) is 51.9 Å². The molecule has 3 heterocycles. The number of rotatable bonds is 2. The summed E-state index contributed by atoms with van der Waals surface area (Å²) in [5.41, 5.74) is 2.04. The van der Waals surface area contributed by atoms with E-state index >= 15 is 0 Å². The van der Waals surface area contributed by atoms with Crippen LogP contribution in [0.1, 0.15) is 67.9 Å². The van der Waals surface area contributed by atoms with Crippen LogP contribution in [0.15, 0.2) is 16.8 Å². The van der Waals surface area contributed by atoms with Crippen molar-refractivity contribution in [2.75, 3.05) is 13.1 Å². The van der Waals surface area contributed by atoms with E-state index in [9.17, 15) is 4.79 Å². The minimum atomic E-state index is 0.101. The molecular weight excluding hydrogens is 302 g/mol. The highest BCUT2D eigenvalue weighted by Crippen LogP contribution is 2.36. The standard InChI is InChI=1S/C19H25N3O2/c1-12(2)17-16-9-15(10-20-18(16)24-21-17)19(23)22-8-7-13-5-3-4-6-14(13)11-22/h9-10,12-14H,3-8,11H2,1-2H3. The van der Waals surface area contributed by atoms with Crippen LogP contribution in [0.4, 0.5) is 0 Å². The molecule has 1 saturated heterocycles. The molecule has 4 rings (SSSR count). The lowest BCUT2D eigenvalue weighted by Gasteiger charge is -2.41. The Morgan fingerprint density at radius 1 is 1.25 bits per heavy atom. The number of carbonyl (C=O) groups excluding carboxylic acids is 1. The van der Waals surface area contributed by atoms with Gasteiger partial charge in [-0.1, -0.05) is 38.3 Å². The van der Waals surface area contributed by atoms with Gasteiger partial charge in [0.1, 0.15) is 0 Å². The monoisotopic (exact) mass is 327 g/mol. The molecule has 128 valence electrons. The Bertz CT molecular complexity index is 752. The first-order valence-electron chi connectivity index (χ1n) is 9.18. The second kappa shape index (κ2) is 6.19. The maximum Gasteiger partial charge on any atom is 0.257 e. The predicted molar refractivity (Wildman–Crippen MR) is 91.9 cm³/mol. The zero-order chi connectivity index (χ0) is 16.7. The van der Waals surface area contributed by atoms with Gasteiger partial charge in [0.05, 0.1) is 16.6 Å². The van der Waals surface area contributed by atoms with Gasteiger partial charge in [0.2, 0.25) is 0 Å². The first kappa shape index (κ1) is 15.6. The fraction of sp³-hybridized carbons (Fsp3) is 0.632. The van der Waals surface area contributed by atoms with Gasteiger partial charge in [-0.05, 0) is 36.7 Å².